The zero-order valence-electron chi connectivity index (χ0n) is 12.9. The minimum absolute atomic E-state index is 0.0348. The molecule has 0 aliphatic carbocycles. The maximum atomic E-state index is 12.4. The number of hydrogen-bond donors (Lipinski definition) is 1. The third-order valence-electron chi connectivity index (χ3n) is 3.90. The van der Waals surface area contributed by atoms with E-state index >= 15 is 0 Å². The molecule has 1 aliphatic rings. The second-order valence-electron chi connectivity index (χ2n) is 5.55. The molecule has 1 N–H and O–H groups in total. The van der Waals surface area contributed by atoms with Crippen molar-refractivity contribution in [1.82, 2.24) is 9.80 Å². The summed E-state index contributed by atoms with van der Waals surface area (Å²) in [6, 6.07) is 10.1. The molecule has 0 bridgehead atoms. The Morgan fingerprint density at radius 1 is 1.00 bits per heavy atom. The van der Waals surface area contributed by atoms with Crippen molar-refractivity contribution in [1.29, 1.82) is 0 Å². The fourth-order valence-corrected chi connectivity index (χ4v) is 3.47. The third-order valence-corrected chi connectivity index (χ3v) is 4.89. The monoisotopic (exact) mass is 330 g/mol. The number of carbonyl (C=O) groups is 2. The molecule has 5 nitrogen and oxygen atoms in total. The van der Waals surface area contributed by atoms with E-state index in [1.807, 2.05) is 19.1 Å². The molecule has 1 aliphatic heterocycles. The largest absolute Gasteiger partial charge is 0.508 e. The van der Waals surface area contributed by atoms with Crippen molar-refractivity contribution in [2.45, 2.75) is 6.92 Å². The van der Waals surface area contributed by atoms with E-state index in [1.165, 1.54) is 23.5 Å². The van der Waals surface area contributed by atoms with Gasteiger partial charge in [-0.1, -0.05) is 6.07 Å². The highest BCUT2D eigenvalue weighted by Gasteiger charge is 2.26. The third kappa shape index (κ3) is 3.37. The predicted molar refractivity (Wildman–Crippen MR) is 89.0 cm³/mol. The summed E-state index contributed by atoms with van der Waals surface area (Å²) in [5.41, 5.74) is 0.471. The molecule has 2 amide bonds. The van der Waals surface area contributed by atoms with Crippen LogP contribution in [0.4, 0.5) is 0 Å². The van der Waals surface area contributed by atoms with Gasteiger partial charge in [-0.25, -0.2) is 0 Å². The Kier molecular flexibility index (Phi) is 4.34. The van der Waals surface area contributed by atoms with Gasteiger partial charge in [-0.2, -0.15) is 0 Å². The molecule has 0 saturated carbocycles. The van der Waals surface area contributed by atoms with E-state index in [9.17, 15) is 14.7 Å². The summed E-state index contributed by atoms with van der Waals surface area (Å²) in [5, 5.41) is 9.48. The number of aryl methyl sites for hydroxylation is 1. The summed E-state index contributed by atoms with van der Waals surface area (Å²) in [7, 11) is 0. The number of thiophene rings is 1. The van der Waals surface area contributed by atoms with Crippen LogP contribution in [0.2, 0.25) is 0 Å². The smallest absolute Gasteiger partial charge is 0.264 e. The Bertz CT molecular complexity index is 733. The van der Waals surface area contributed by atoms with Crippen molar-refractivity contribution in [3.05, 3.63) is 51.7 Å². The van der Waals surface area contributed by atoms with Crippen LogP contribution in [0.1, 0.15) is 24.9 Å². The van der Waals surface area contributed by atoms with E-state index in [0.29, 0.717) is 31.7 Å². The number of phenolic OH excluding ortho intramolecular Hbond substituents is 1. The van der Waals surface area contributed by atoms with Crippen molar-refractivity contribution >= 4 is 23.2 Å². The SMILES string of the molecule is Cc1ccc(C(=O)N2CCN(C(=O)c3cccc(O)c3)CC2)s1. The molecule has 1 saturated heterocycles. The normalized spacial score (nSPS) is 14.8. The number of benzene rings is 1. The van der Waals surface area contributed by atoms with Gasteiger partial charge in [0.05, 0.1) is 4.88 Å². The van der Waals surface area contributed by atoms with Gasteiger partial charge in [0.2, 0.25) is 0 Å². The molecule has 0 atom stereocenters. The van der Waals surface area contributed by atoms with E-state index in [-0.39, 0.29) is 17.6 Å². The molecule has 23 heavy (non-hydrogen) atoms. The lowest BCUT2D eigenvalue weighted by atomic mass is 10.1. The fraction of sp³-hybridized carbons (Fsp3) is 0.294. The van der Waals surface area contributed by atoms with Crippen molar-refractivity contribution in [3.8, 4) is 5.75 Å². The topological polar surface area (TPSA) is 60.9 Å². The number of phenols is 1. The summed E-state index contributed by atoms with van der Waals surface area (Å²) in [6.07, 6.45) is 0. The summed E-state index contributed by atoms with van der Waals surface area (Å²) in [4.78, 5) is 30.2. The summed E-state index contributed by atoms with van der Waals surface area (Å²) < 4.78 is 0. The summed E-state index contributed by atoms with van der Waals surface area (Å²) in [5.74, 6) is 0.00486. The van der Waals surface area contributed by atoms with Crippen LogP contribution < -0.4 is 0 Å². The predicted octanol–water partition coefficient (Wildman–Crippen LogP) is 2.36. The highest BCUT2D eigenvalue weighted by molar-refractivity contribution is 7.13. The number of amides is 2. The number of aromatic hydroxyl groups is 1. The van der Waals surface area contributed by atoms with Crippen LogP contribution in [0.15, 0.2) is 36.4 Å². The quantitative estimate of drug-likeness (QED) is 0.919. The molecular weight excluding hydrogens is 312 g/mol. The van der Waals surface area contributed by atoms with Crippen LogP contribution in [-0.4, -0.2) is 52.9 Å². The van der Waals surface area contributed by atoms with Gasteiger partial charge >= 0.3 is 0 Å². The minimum atomic E-state index is -0.111. The molecule has 0 radical (unpaired) electrons. The average molecular weight is 330 g/mol. The lowest BCUT2D eigenvalue weighted by Crippen LogP contribution is -2.50. The molecular formula is C17H18N2O3S. The average Bonchev–Trinajstić information content (AvgIpc) is 3.00. The summed E-state index contributed by atoms with van der Waals surface area (Å²) >= 11 is 1.50. The van der Waals surface area contributed by atoms with Crippen molar-refractivity contribution < 1.29 is 14.7 Å². The minimum Gasteiger partial charge on any atom is -0.508 e. The van der Waals surface area contributed by atoms with Crippen molar-refractivity contribution in [2.24, 2.45) is 0 Å². The number of rotatable bonds is 2. The van der Waals surface area contributed by atoms with Gasteiger partial charge in [-0.15, -0.1) is 11.3 Å². The number of nitrogens with zero attached hydrogens (tertiary/aromatic N) is 2. The zero-order valence-corrected chi connectivity index (χ0v) is 13.7. The first kappa shape index (κ1) is 15.6. The Morgan fingerprint density at radius 2 is 1.65 bits per heavy atom. The Labute approximate surface area is 138 Å². The van der Waals surface area contributed by atoms with Crippen LogP contribution in [0.3, 0.4) is 0 Å². The van der Waals surface area contributed by atoms with Gasteiger partial charge in [0.15, 0.2) is 0 Å². The lowest BCUT2D eigenvalue weighted by Gasteiger charge is -2.34. The standard InChI is InChI=1S/C17H18N2O3S/c1-12-5-6-15(23-12)17(22)19-9-7-18(8-10-19)16(21)13-3-2-4-14(20)11-13/h2-6,11,20H,7-10H2,1H3. The van der Waals surface area contributed by atoms with E-state index in [4.69, 9.17) is 0 Å². The number of hydrogen-bond acceptors (Lipinski definition) is 4. The molecule has 1 fully saturated rings. The molecule has 1 aromatic heterocycles. The Balaban J connectivity index is 1.62. The van der Waals surface area contributed by atoms with Crippen molar-refractivity contribution in [2.75, 3.05) is 26.2 Å². The first-order valence-electron chi connectivity index (χ1n) is 7.48. The first-order valence-corrected chi connectivity index (χ1v) is 8.30. The number of piperazine rings is 1. The van der Waals surface area contributed by atoms with E-state index in [2.05, 4.69) is 0 Å². The highest BCUT2D eigenvalue weighted by Crippen LogP contribution is 2.19. The fourth-order valence-electron chi connectivity index (χ4n) is 2.64. The van der Waals surface area contributed by atoms with Gasteiger partial charge < -0.3 is 14.9 Å². The molecule has 0 spiro atoms. The molecule has 120 valence electrons. The van der Waals surface area contributed by atoms with Crippen LogP contribution in [-0.2, 0) is 0 Å². The zero-order chi connectivity index (χ0) is 16.4. The van der Waals surface area contributed by atoms with Gasteiger partial charge in [0, 0.05) is 36.6 Å². The molecule has 6 heteroatoms. The van der Waals surface area contributed by atoms with Gasteiger partial charge in [0.25, 0.3) is 11.8 Å². The molecule has 1 aromatic carbocycles. The van der Waals surface area contributed by atoms with E-state index in [0.717, 1.165) is 9.75 Å². The van der Waals surface area contributed by atoms with E-state index < -0.39 is 0 Å². The molecule has 0 unspecified atom stereocenters. The van der Waals surface area contributed by atoms with Crippen LogP contribution >= 0.6 is 11.3 Å². The van der Waals surface area contributed by atoms with Gasteiger partial charge in [-0.05, 0) is 37.3 Å². The Morgan fingerprint density at radius 3 is 2.22 bits per heavy atom. The second-order valence-corrected chi connectivity index (χ2v) is 6.83. The maximum Gasteiger partial charge on any atom is 0.264 e. The first-order chi connectivity index (χ1) is 11.0. The van der Waals surface area contributed by atoms with Crippen molar-refractivity contribution in [3.63, 3.8) is 0 Å². The van der Waals surface area contributed by atoms with Crippen LogP contribution in [0.5, 0.6) is 5.75 Å². The van der Waals surface area contributed by atoms with Gasteiger partial charge in [0.1, 0.15) is 5.75 Å². The van der Waals surface area contributed by atoms with Gasteiger partial charge in [-0.3, -0.25) is 9.59 Å². The number of carbonyl (C=O) groups excluding carboxylic acids is 2. The van der Waals surface area contributed by atoms with Crippen LogP contribution in [0.25, 0.3) is 0 Å². The second kappa shape index (κ2) is 6.42. The van der Waals surface area contributed by atoms with Crippen LogP contribution in [0, 0.1) is 6.92 Å². The lowest BCUT2D eigenvalue weighted by molar-refractivity contribution is 0.0538. The molecule has 3 rings (SSSR count). The molecule has 2 heterocycles. The Hall–Kier alpha value is -2.34. The van der Waals surface area contributed by atoms with E-state index in [1.54, 1.807) is 21.9 Å². The highest BCUT2D eigenvalue weighted by atomic mass is 32.1. The summed E-state index contributed by atoms with van der Waals surface area (Å²) in [6.45, 7) is 4.04. The molecule has 2 aromatic rings. The maximum absolute atomic E-state index is 12.4.